The maximum atomic E-state index is 13.6. The van der Waals surface area contributed by atoms with Gasteiger partial charge in [-0.1, -0.05) is 36.1 Å². The molecule has 2 saturated heterocycles. The summed E-state index contributed by atoms with van der Waals surface area (Å²) >= 11 is 5.39. The maximum Gasteiger partial charge on any atom is 0.324 e. The number of hydrogen-bond acceptors (Lipinski definition) is 9. The minimum Gasteiger partial charge on any atom is -0.497 e. The predicted molar refractivity (Wildman–Crippen MR) is 195 cm³/mol. The minimum atomic E-state index is -3.94. The Bertz CT molecular complexity index is 2300. The van der Waals surface area contributed by atoms with Gasteiger partial charge in [-0.25, -0.2) is 13.4 Å². The van der Waals surface area contributed by atoms with Gasteiger partial charge in [0.15, 0.2) is 5.11 Å². The van der Waals surface area contributed by atoms with Gasteiger partial charge in [0.2, 0.25) is 10.0 Å². The second kappa shape index (κ2) is 14.3. The predicted octanol–water partition coefficient (Wildman–Crippen LogP) is 4.82. The van der Waals surface area contributed by atoms with E-state index in [0.29, 0.717) is 51.6 Å². The first kappa shape index (κ1) is 33.8. The zero-order valence-electron chi connectivity index (χ0n) is 27.4. The Labute approximate surface area is 300 Å². The van der Waals surface area contributed by atoms with Crippen molar-refractivity contribution < 1.29 is 27.5 Å². The summed E-state index contributed by atoms with van der Waals surface area (Å²) in [7, 11) is -2.37. The van der Waals surface area contributed by atoms with Crippen molar-refractivity contribution in [3.8, 4) is 28.8 Å². The molecule has 2 aliphatic rings. The Morgan fingerprint density at radius 1 is 1.00 bits per heavy atom. The number of carbonyl (C=O) groups excluding carboxylic acids is 2. The van der Waals surface area contributed by atoms with Crippen LogP contribution >= 0.6 is 12.2 Å². The highest BCUT2D eigenvalue weighted by molar-refractivity contribution is 7.89. The van der Waals surface area contributed by atoms with Gasteiger partial charge in [-0.3, -0.25) is 19.5 Å². The van der Waals surface area contributed by atoms with E-state index in [1.165, 1.54) is 21.3 Å². The van der Waals surface area contributed by atoms with Gasteiger partial charge in [-0.15, -0.1) is 0 Å². The second-order valence-corrected chi connectivity index (χ2v) is 14.2. The number of pyridine rings is 2. The van der Waals surface area contributed by atoms with Crippen molar-refractivity contribution in [2.24, 2.45) is 0 Å². The monoisotopic (exact) mass is 717 g/mol. The molecule has 0 spiro atoms. The van der Waals surface area contributed by atoms with Crippen molar-refractivity contribution in [1.82, 2.24) is 19.6 Å². The normalized spacial score (nSPS) is 16.1. The number of rotatable bonds is 8. The molecule has 0 unspecified atom stereocenters. The lowest BCUT2D eigenvalue weighted by molar-refractivity contribution is -0.148. The fourth-order valence-corrected chi connectivity index (χ4v) is 7.92. The molecule has 51 heavy (non-hydrogen) atoms. The number of methoxy groups -OCH3 is 1. The van der Waals surface area contributed by atoms with Crippen LogP contribution in [0.3, 0.4) is 0 Å². The smallest absolute Gasteiger partial charge is 0.324 e. The maximum absolute atomic E-state index is 13.6. The zero-order valence-corrected chi connectivity index (χ0v) is 29.0. The van der Waals surface area contributed by atoms with Crippen LogP contribution in [-0.2, 0) is 31.0 Å². The molecule has 11 nitrogen and oxygen atoms in total. The molecule has 0 aliphatic carbocycles. The Morgan fingerprint density at radius 3 is 2.37 bits per heavy atom. The number of ether oxygens (including phenoxy) is 2. The molecule has 2 fully saturated rings. The third-order valence-corrected chi connectivity index (χ3v) is 10.9. The van der Waals surface area contributed by atoms with E-state index in [2.05, 4.69) is 22.1 Å². The fraction of sp³-hybridized carbons (Fsp3) is 0.184. The van der Waals surface area contributed by atoms with Gasteiger partial charge in [0.05, 0.1) is 35.4 Å². The Morgan fingerprint density at radius 2 is 1.71 bits per heavy atom. The quantitative estimate of drug-likeness (QED) is 0.135. The third-order valence-electron chi connectivity index (χ3n) is 8.68. The fourth-order valence-electron chi connectivity index (χ4n) is 6.00. The minimum absolute atomic E-state index is 0.0381. The molecule has 13 heteroatoms. The average Bonchev–Trinajstić information content (AvgIpc) is 3.80. The van der Waals surface area contributed by atoms with E-state index in [4.69, 9.17) is 26.7 Å². The van der Waals surface area contributed by atoms with E-state index in [0.717, 1.165) is 16.7 Å². The Balaban J connectivity index is 1.03. The van der Waals surface area contributed by atoms with E-state index in [-0.39, 0.29) is 30.5 Å². The number of benzene rings is 3. The van der Waals surface area contributed by atoms with E-state index in [9.17, 15) is 18.0 Å². The van der Waals surface area contributed by atoms with Crippen LogP contribution in [-0.4, -0.2) is 65.9 Å². The summed E-state index contributed by atoms with van der Waals surface area (Å²) < 4.78 is 39.0. The summed E-state index contributed by atoms with van der Waals surface area (Å²) in [5.74, 6) is 6.17. The molecule has 4 heterocycles. The van der Waals surface area contributed by atoms with Gasteiger partial charge in [-0.05, 0) is 91.3 Å². The van der Waals surface area contributed by atoms with Crippen LogP contribution in [0.15, 0.2) is 102 Å². The number of aromatic nitrogens is 2. The summed E-state index contributed by atoms with van der Waals surface area (Å²) in [6.45, 7) is 0.402. The number of esters is 1. The van der Waals surface area contributed by atoms with E-state index in [1.54, 1.807) is 62.0 Å². The number of thiocarbonyl (C=S) groups is 1. The summed E-state index contributed by atoms with van der Waals surface area (Å²) in [5, 5.41) is 3.96. The van der Waals surface area contributed by atoms with Crippen molar-refractivity contribution in [2.45, 2.75) is 30.4 Å². The van der Waals surface area contributed by atoms with Crippen LogP contribution in [0.4, 0.5) is 5.69 Å². The Hall–Kier alpha value is -5.68. The van der Waals surface area contributed by atoms with Crippen molar-refractivity contribution in [3.05, 3.63) is 114 Å². The largest absolute Gasteiger partial charge is 0.497 e. The molecule has 3 aromatic carbocycles. The first-order valence-corrected chi connectivity index (χ1v) is 18.0. The molecule has 1 N–H and O–H groups in total. The van der Waals surface area contributed by atoms with Crippen LogP contribution in [0.1, 0.15) is 29.5 Å². The van der Waals surface area contributed by atoms with Crippen LogP contribution < -0.4 is 15.0 Å². The molecular formula is C38H31N5O6S2. The highest BCUT2D eigenvalue weighted by Gasteiger charge is 2.40. The van der Waals surface area contributed by atoms with Gasteiger partial charge < -0.3 is 14.8 Å². The van der Waals surface area contributed by atoms with Crippen molar-refractivity contribution in [2.75, 3.05) is 25.1 Å². The van der Waals surface area contributed by atoms with Gasteiger partial charge in [-0.2, -0.15) is 4.31 Å². The van der Waals surface area contributed by atoms with Gasteiger partial charge in [0.25, 0.3) is 5.91 Å². The molecular weight excluding hydrogens is 687 g/mol. The summed E-state index contributed by atoms with van der Waals surface area (Å²) in [5.41, 5.74) is 4.93. The molecule has 2 aliphatic heterocycles. The summed E-state index contributed by atoms with van der Waals surface area (Å²) in [6.07, 6.45) is 4.27. The topological polar surface area (TPSA) is 131 Å². The first-order chi connectivity index (χ1) is 24.7. The molecule has 256 valence electrons. The molecule has 0 saturated carbocycles. The molecule has 0 bridgehead atoms. The first-order valence-electron chi connectivity index (χ1n) is 16.1. The summed E-state index contributed by atoms with van der Waals surface area (Å²) in [6, 6.07) is 23.7. The molecule has 1 amide bonds. The molecule has 1 atom stereocenters. The number of amides is 1. The second-order valence-electron chi connectivity index (χ2n) is 11.9. The van der Waals surface area contributed by atoms with Crippen LogP contribution in [0.5, 0.6) is 5.75 Å². The molecule has 2 aromatic heterocycles. The number of hydrogen-bond donors (Lipinski definition) is 1. The lowest BCUT2D eigenvalue weighted by Gasteiger charge is -2.22. The van der Waals surface area contributed by atoms with Crippen molar-refractivity contribution >= 4 is 55.8 Å². The zero-order chi connectivity index (χ0) is 35.5. The highest BCUT2D eigenvalue weighted by Crippen LogP contribution is 2.32. The number of nitrogens with one attached hydrogen (secondary N) is 1. The number of sulfonamides is 1. The Kier molecular flexibility index (Phi) is 9.46. The van der Waals surface area contributed by atoms with Crippen molar-refractivity contribution in [1.29, 1.82) is 0 Å². The number of anilines is 1. The van der Waals surface area contributed by atoms with Crippen LogP contribution in [0.25, 0.3) is 22.2 Å². The van der Waals surface area contributed by atoms with Crippen molar-refractivity contribution in [3.63, 3.8) is 0 Å². The number of fused-ring (bicyclic) bond motifs is 1. The van der Waals surface area contributed by atoms with Gasteiger partial charge in [0, 0.05) is 41.0 Å². The molecule has 7 rings (SSSR count). The highest BCUT2D eigenvalue weighted by atomic mass is 32.2. The molecule has 0 radical (unpaired) electrons. The van der Waals surface area contributed by atoms with E-state index in [1.807, 2.05) is 30.3 Å². The lowest BCUT2D eigenvalue weighted by atomic mass is 10.1. The van der Waals surface area contributed by atoms with Gasteiger partial charge >= 0.3 is 5.97 Å². The summed E-state index contributed by atoms with van der Waals surface area (Å²) in [4.78, 5) is 36.1. The van der Waals surface area contributed by atoms with Crippen LogP contribution in [0, 0.1) is 11.8 Å². The van der Waals surface area contributed by atoms with Gasteiger partial charge in [0.1, 0.15) is 18.4 Å². The average molecular weight is 718 g/mol. The SMILES string of the molecule is COc1ccc(COC(=O)[C@H]2CCCN2S(=O)(=O)c2ccc(C#Cc3ccc(-c4cc(N5C(=O)CNC5=S)c5cnccc5n4)cc3)cc2)cc1. The van der Waals surface area contributed by atoms with E-state index < -0.39 is 22.0 Å². The van der Waals surface area contributed by atoms with Crippen LogP contribution in [0.2, 0.25) is 0 Å². The van der Waals surface area contributed by atoms with E-state index >= 15 is 0 Å². The lowest BCUT2D eigenvalue weighted by Crippen LogP contribution is -2.41. The number of nitrogens with zero attached hydrogens (tertiary/aromatic N) is 4. The third kappa shape index (κ3) is 7.02. The molecule has 5 aromatic rings. The number of carbonyl (C=O) groups is 2. The standard InChI is InChI=1S/C38H31N5O6S2/c1-48-29-14-8-27(9-15-29)24-49-37(45)34-3-2-20-42(34)51(46,47)30-16-10-26(11-17-30)5-4-25-6-12-28(13-7-25)33-21-35(43-36(44)23-40-38(43)50)31-22-39-19-18-32(31)41-33/h6-19,21-22,34H,2-3,20,23-24H2,1H3,(H,40,50)/t34-/m1/s1.